The molecule has 8 nitrogen and oxygen atoms in total. The Morgan fingerprint density at radius 3 is 1.66 bits per heavy atom. The van der Waals surface area contributed by atoms with Crippen LogP contribution in [-0.2, 0) is 19.0 Å². The molecule has 0 heterocycles. The molecule has 0 saturated carbocycles. The number of rotatable bonds is 13. The van der Waals surface area contributed by atoms with Gasteiger partial charge in [0.05, 0.1) is 30.9 Å². The molecule has 0 saturated heterocycles. The maximum atomic E-state index is 12.5. The van der Waals surface area contributed by atoms with Crippen molar-refractivity contribution in [3.63, 3.8) is 0 Å². The van der Waals surface area contributed by atoms with E-state index in [2.05, 4.69) is 6.58 Å². The lowest BCUT2D eigenvalue weighted by molar-refractivity contribution is -0.139. The molecule has 0 aromatic heterocycles. The van der Waals surface area contributed by atoms with Gasteiger partial charge >= 0.3 is 17.9 Å². The first-order chi connectivity index (χ1) is 18.4. The molecule has 1 aliphatic carbocycles. The highest BCUT2D eigenvalue weighted by molar-refractivity contribution is 5.91. The van der Waals surface area contributed by atoms with Crippen LogP contribution in [0.4, 0.5) is 0 Å². The molecule has 0 amide bonds. The van der Waals surface area contributed by atoms with Crippen molar-refractivity contribution in [1.29, 1.82) is 0 Å². The third-order valence-electron chi connectivity index (χ3n) is 5.40. The molecule has 0 atom stereocenters. The Morgan fingerprint density at radius 1 is 0.737 bits per heavy atom. The van der Waals surface area contributed by atoms with Crippen molar-refractivity contribution in [2.45, 2.75) is 39.5 Å². The molecule has 1 aliphatic rings. The lowest BCUT2D eigenvalue weighted by Gasteiger charge is -2.15. The summed E-state index contributed by atoms with van der Waals surface area (Å²) in [6.45, 7) is 8.35. The van der Waals surface area contributed by atoms with Crippen molar-refractivity contribution >= 4 is 17.9 Å². The van der Waals surface area contributed by atoms with Gasteiger partial charge in [-0.25, -0.2) is 14.4 Å². The number of carbonyl (C=O) groups is 3. The second kappa shape index (κ2) is 14.4. The number of benzene rings is 2. The van der Waals surface area contributed by atoms with Crippen LogP contribution < -0.4 is 9.47 Å². The van der Waals surface area contributed by atoms with Crippen molar-refractivity contribution in [2.75, 3.05) is 19.8 Å². The van der Waals surface area contributed by atoms with Crippen LogP contribution in [0.5, 0.6) is 11.5 Å². The van der Waals surface area contributed by atoms with Crippen molar-refractivity contribution < 1.29 is 38.1 Å². The van der Waals surface area contributed by atoms with Gasteiger partial charge in [-0.1, -0.05) is 6.58 Å². The molecule has 0 fully saturated rings. The van der Waals surface area contributed by atoms with E-state index in [0.717, 1.165) is 0 Å². The van der Waals surface area contributed by atoms with Gasteiger partial charge < -0.3 is 23.7 Å². The SMILES string of the molecule is C=C(C)C(=O)OCCCCOc1ccc(C(=O)OC2=CC=C(OC(=O)c3ccc(OCC)cc3)CC2)cc1. The smallest absolute Gasteiger partial charge is 0.343 e. The van der Waals surface area contributed by atoms with Gasteiger partial charge in [-0.15, -0.1) is 0 Å². The van der Waals surface area contributed by atoms with E-state index in [1.165, 1.54) is 0 Å². The van der Waals surface area contributed by atoms with E-state index >= 15 is 0 Å². The summed E-state index contributed by atoms with van der Waals surface area (Å²) in [5.74, 6) is 0.972. The molecule has 0 unspecified atom stereocenters. The molecule has 0 spiro atoms. The predicted molar refractivity (Wildman–Crippen MR) is 141 cm³/mol. The molecule has 8 heteroatoms. The van der Waals surface area contributed by atoms with E-state index in [0.29, 0.717) is 85.2 Å². The van der Waals surface area contributed by atoms with Gasteiger partial charge in [-0.2, -0.15) is 0 Å². The van der Waals surface area contributed by atoms with Gasteiger partial charge in [0.1, 0.15) is 23.0 Å². The highest BCUT2D eigenvalue weighted by atomic mass is 16.5. The Bertz CT molecular complexity index is 1190. The fraction of sp³-hybridized carbons (Fsp3) is 0.300. The maximum absolute atomic E-state index is 12.5. The van der Waals surface area contributed by atoms with Crippen molar-refractivity contribution in [3.8, 4) is 11.5 Å². The second-order valence-electron chi connectivity index (χ2n) is 8.50. The van der Waals surface area contributed by atoms with Crippen LogP contribution in [0.25, 0.3) is 0 Å². The monoisotopic (exact) mass is 520 g/mol. The van der Waals surface area contributed by atoms with Crippen LogP contribution in [0.1, 0.15) is 60.2 Å². The van der Waals surface area contributed by atoms with Crippen LogP contribution in [0.15, 0.2) is 84.4 Å². The molecule has 38 heavy (non-hydrogen) atoms. The molecular formula is C30H32O8. The predicted octanol–water partition coefficient (Wildman–Crippen LogP) is 5.94. The quantitative estimate of drug-likeness (QED) is 0.139. The lowest BCUT2D eigenvalue weighted by Crippen LogP contribution is -2.10. The second-order valence-corrected chi connectivity index (χ2v) is 8.50. The normalized spacial score (nSPS) is 12.5. The topological polar surface area (TPSA) is 97.4 Å². The summed E-state index contributed by atoms with van der Waals surface area (Å²) >= 11 is 0. The van der Waals surface area contributed by atoms with Crippen LogP contribution in [-0.4, -0.2) is 37.7 Å². The van der Waals surface area contributed by atoms with Gasteiger partial charge in [0.15, 0.2) is 0 Å². The van der Waals surface area contributed by atoms with Gasteiger partial charge in [0.2, 0.25) is 0 Å². The highest BCUT2D eigenvalue weighted by Gasteiger charge is 2.17. The zero-order valence-corrected chi connectivity index (χ0v) is 21.7. The minimum atomic E-state index is -0.481. The van der Waals surface area contributed by atoms with E-state index in [1.807, 2.05) is 6.92 Å². The van der Waals surface area contributed by atoms with E-state index in [1.54, 1.807) is 67.6 Å². The Labute approximate surface area is 222 Å². The first-order valence-electron chi connectivity index (χ1n) is 12.5. The largest absolute Gasteiger partial charge is 0.494 e. The van der Waals surface area contributed by atoms with E-state index in [4.69, 9.17) is 23.7 Å². The molecule has 0 aliphatic heterocycles. The molecule has 0 N–H and O–H groups in total. The van der Waals surface area contributed by atoms with Gasteiger partial charge in [-0.05, 0) is 87.4 Å². The minimum absolute atomic E-state index is 0.317. The summed E-state index contributed by atoms with van der Waals surface area (Å²) in [5.41, 5.74) is 1.19. The van der Waals surface area contributed by atoms with E-state index in [-0.39, 0.29) is 0 Å². The van der Waals surface area contributed by atoms with Crippen molar-refractivity contribution in [2.24, 2.45) is 0 Å². The number of esters is 3. The Balaban J connectivity index is 1.41. The highest BCUT2D eigenvalue weighted by Crippen LogP contribution is 2.23. The average Bonchev–Trinajstić information content (AvgIpc) is 2.92. The lowest BCUT2D eigenvalue weighted by atomic mass is 10.1. The Kier molecular flexibility index (Phi) is 10.7. The zero-order valence-electron chi connectivity index (χ0n) is 21.7. The van der Waals surface area contributed by atoms with Gasteiger partial charge in [0, 0.05) is 18.4 Å². The maximum Gasteiger partial charge on any atom is 0.343 e. The molecule has 0 radical (unpaired) electrons. The van der Waals surface area contributed by atoms with Crippen molar-refractivity contribution in [1.82, 2.24) is 0 Å². The summed E-state index contributed by atoms with van der Waals surface area (Å²) < 4.78 is 27.0. The van der Waals surface area contributed by atoms with Crippen LogP contribution in [0.3, 0.4) is 0 Å². The Hall–Kier alpha value is -4.33. The number of unbranched alkanes of at least 4 members (excludes halogenated alkanes) is 1. The van der Waals surface area contributed by atoms with Crippen LogP contribution >= 0.6 is 0 Å². The van der Waals surface area contributed by atoms with E-state index < -0.39 is 17.9 Å². The molecule has 3 rings (SSSR count). The molecule has 0 bridgehead atoms. The van der Waals surface area contributed by atoms with Gasteiger partial charge in [-0.3, -0.25) is 0 Å². The number of hydrogen-bond acceptors (Lipinski definition) is 8. The molecule has 2 aromatic rings. The minimum Gasteiger partial charge on any atom is -0.494 e. The summed E-state index contributed by atoms with van der Waals surface area (Å²) in [5, 5.41) is 0. The molecule has 200 valence electrons. The van der Waals surface area contributed by atoms with Gasteiger partial charge in [0.25, 0.3) is 0 Å². The Morgan fingerprint density at radius 2 is 1.21 bits per heavy atom. The molecular weight excluding hydrogens is 488 g/mol. The summed E-state index contributed by atoms with van der Waals surface area (Å²) in [6, 6.07) is 13.4. The standard InChI is InChI=1S/C30H32O8/c1-4-34-24-11-7-22(8-12-24)29(32)37-26-15-17-27(18-16-26)38-30(33)23-9-13-25(14-10-23)35-19-5-6-20-36-28(31)21(2)3/h7-15,17H,2,4-6,16,18-20H2,1,3H3. The first-order valence-corrected chi connectivity index (χ1v) is 12.5. The number of ether oxygens (including phenoxy) is 5. The molecule has 2 aromatic carbocycles. The third-order valence-corrected chi connectivity index (χ3v) is 5.40. The van der Waals surface area contributed by atoms with Crippen LogP contribution in [0.2, 0.25) is 0 Å². The number of allylic oxidation sites excluding steroid dienone is 4. The van der Waals surface area contributed by atoms with Crippen molar-refractivity contribution in [3.05, 3.63) is 95.5 Å². The summed E-state index contributed by atoms with van der Waals surface area (Å²) in [4.78, 5) is 36.2. The summed E-state index contributed by atoms with van der Waals surface area (Å²) in [7, 11) is 0. The fourth-order valence-electron chi connectivity index (χ4n) is 3.35. The zero-order chi connectivity index (χ0) is 27.3. The average molecular weight is 521 g/mol. The fourth-order valence-corrected chi connectivity index (χ4v) is 3.35. The number of hydrogen-bond donors (Lipinski definition) is 0. The third kappa shape index (κ3) is 8.96. The van der Waals surface area contributed by atoms with Crippen LogP contribution in [0, 0.1) is 0 Å². The van der Waals surface area contributed by atoms with E-state index in [9.17, 15) is 14.4 Å². The first kappa shape index (κ1) is 28.2. The number of carbonyl (C=O) groups excluding carboxylic acids is 3. The summed E-state index contributed by atoms with van der Waals surface area (Å²) in [6.07, 6.45) is 5.52.